The second-order valence-corrected chi connectivity index (χ2v) is 6.58. The Morgan fingerprint density at radius 3 is 3.08 bits per heavy atom. The van der Waals surface area contributed by atoms with Crippen LogP contribution < -0.4 is 0 Å². The van der Waals surface area contributed by atoms with E-state index >= 15 is 0 Å². The number of aromatic amines is 1. The molecule has 128 valence electrons. The molecule has 7 heteroatoms. The molecule has 0 spiro atoms. The van der Waals surface area contributed by atoms with E-state index in [4.69, 9.17) is 10.2 Å². The molecule has 1 saturated heterocycles. The summed E-state index contributed by atoms with van der Waals surface area (Å²) in [6, 6.07) is 3.97. The van der Waals surface area contributed by atoms with Crippen LogP contribution in [0.5, 0.6) is 0 Å². The Balaban J connectivity index is 1.78. The Morgan fingerprint density at radius 2 is 2.28 bits per heavy atom. The highest BCUT2D eigenvalue weighted by Gasteiger charge is 2.34. The van der Waals surface area contributed by atoms with Crippen LogP contribution in [0.1, 0.15) is 37.9 Å². The quantitative estimate of drug-likeness (QED) is 0.795. The zero-order valence-electron chi connectivity index (χ0n) is 14.1. The van der Waals surface area contributed by atoms with E-state index in [-0.39, 0.29) is 18.2 Å². The fourth-order valence-electron chi connectivity index (χ4n) is 3.95. The molecule has 25 heavy (non-hydrogen) atoms. The van der Waals surface area contributed by atoms with Gasteiger partial charge in [0.25, 0.3) is 0 Å². The van der Waals surface area contributed by atoms with Crippen molar-refractivity contribution in [3.05, 3.63) is 30.5 Å². The molecule has 0 unspecified atom stereocenters. The van der Waals surface area contributed by atoms with Crippen LogP contribution in [0.25, 0.3) is 16.7 Å². The van der Waals surface area contributed by atoms with Crippen molar-refractivity contribution in [1.29, 1.82) is 5.26 Å². The number of amides is 1. The number of piperidine rings is 1. The maximum absolute atomic E-state index is 12.2. The molecule has 4 rings (SSSR count). The fraction of sp³-hybridized carbons (Fsp3) is 0.444. The van der Waals surface area contributed by atoms with Gasteiger partial charge in [-0.2, -0.15) is 5.26 Å². The lowest BCUT2D eigenvalue weighted by atomic mass is 9.83. The van der Waals surface area contributed by atoms with Crippen LogP contribution >= 0.6 is 0 Å². The molecule has 2 atom stereocenters. The highest BCUT2D eigenvalue weighted by Crippen LogP contribution is 2.35. The van der Waals surface area contributed by atoms with Crippen molar-refractivity contribution in [2.24, 2.45) is 5.92 Å². The van der Waals surface area contributed by atoms with E-state index in [0.717, 1.165) is 41.9 Å². The van der Waals surface area contributed by atoms with Crippen LogP contribution in [-0.4, -0.2) is 43.2 Å². The standard InChI is InChI=1S/C18H20N6O/c1-2-12-5-8-23(16(25)3-6-19)11-14(12)18-22-10-13-9-21-17-15(24(13)18)4-7-20-17/h4,7,9-10,12,14,20H,2-3,5,8,11H2,1H3/t12-,14+/m1/s1. The van der Waals surface area contributed by atoms with Crippen molar-refractivity contribution in [2.75, 3.05) is 13.1 Å². The molecule has 0 radical (unpaired) electrons. The summed E-state index contributed by atoms with van der Waals surface area (Å²) in [6.45, 7) is 3.53. The van der Waals surface area contributed by atoms with E-state index in [1.165, 1.54) is 0 Å². The third-order valence-corrected chi connectivity index (χ3v) is 5.28. The predicted molar refractivity (Wildman–Crippen MR) is 92.8 cm³/mol. The van der Waals surface area contributed by atoms with Gasteiger partial charge in [0, 0.05) is 25.2 Å². The Bertz CT molecular complexity index is 965. The van der Waals surface area contributed by atoms with Crippen LogP contribution in [0, 0.1) is 17.2 Å². The average Bonchev–Trinajstić information content (AvgIpc) is 3.27. The Morgan fingerprint density at radius 1 is 1.44 bits per heavy atom. The van der Waals surface area contributed by atoms with E-state index in [1.54, 1.807) is 0 Å². The average molecular weight is 336 g/mol. The first-order valence-electron chi connectivity index (χ1n) is 8.67. The third kappa shape index (κ3) is 2.54. The van der Waals surface area contributed by atoms with E-state index < -0.39 is 0 Å². The van der Waals surface area contributed by atoms with Gasteiger partial charge in [-0.05, 0) is 18.4 Å². The molecular formula is C18H20N6O. The topological polar surface area (TPSA) is 90.1 Å². The molecule has 3 aromatic heterocycles. The van der Waals surface area contributed by atoms with Gasteiger partial charge in [0.2, 0.25) is 5.91 Å². The number of fused-ring (bicyclic) bond motifs is 3. The molecule has 1 N–H and O–H groups in total. The minimum Gasteiger partial charge on any atom is -0.345 e. The molecule has 3 aromatic rings. The lowest BCUT2D eigenvalue weighted by Gasteiger charge is -2.37. The summed E-state index contributed by atoms with van der Waals surface area (Å²) in [6.07, 6.45) is 7.46. The van der Waals surface area contributed by atoms with Crippen LogP contribution in [-0.2, 0) is 4.79 Å². The van der Waals surface area contributed by atoms with Crippen LogP contribution in [0.2, 0.25) is 0 Å². The first-order valence-corrected chi connectivity index (χ1v) is 8.67. The molecule has 0 bridgehead atoms. The molecule has 0 aliphatic carbocycles. The van der Waals surface area contributed by atoms with Gasteiger partial charge in [0.05, 0.1) is 29.5 Å². The number of likely N-dealkylation sites (tertiary alicyclic amines) is 1. The molecule has 7 nitrogen and oxygen atoms in total. The van der Waals surface area contributed by atoms with Crippen molar-refractivity contribution in [3.63, 3.8) is 0 Å². The van der Waals surface area contributed by atoms with Gasteiger partial charge >= 0.3 is 0 Å². The number of rotatable bonds is 3. The Hall–Kier alpha value is -2.88. The number of carbonyl (C=O) groups is 1. The summed E-state index contributed by atoms with van der Waals surface area (Å²) in [5, 5.41) is 8.83. The van der Waals surface area contributed by atoms with Crippen molar-refractivity contribution >= 4 is 22.6 Å². The lowest BCUT2D eigenvalue weighted by molar-refractivity contribution is -0.132. The Labute approximate surface area is 145 Å². The zero-order valence-corrected chi connectivity index (χ0v) is 14.1. The summed E-state index contributed by atoms with van der Waals surface area (Å²) < 4.78 is 2.14. The van der Waals surface area contributed by atoms with Gasteiger partial charge in [-0.15, -0.1) is 0 Å². The number of H-pyrrole nitrogens is 1. The van der Waals surface area contributed by atoms with Crippen molar-refractivity contribution in [3.8, 4) is 6.07 Å². The minimum absolute atomic E-state index is 0.0577. The van der Waals surface area contributed by atoms with E-state index in [2.05, 4.69) is 21.3 Å². The number of hydrogen-bond acceptors (Lipinski definition) is 4. The van der Waals surface area contributed by atoms with Crippen molar-refractivity contribution in [1.82, 2.24) is 24.3 Å². The second-order valence-electron chi connectivity index (χ2n) is 6.58. The first-order chi connectivity index (χ1) is 12.2. The third-order valence-electron chi connectivity index (χ3n) is 5.28. The molecule has 0 aromatic carbocycles. The zero-order chi connectivity index (χ0) is 17.4. The molecule has 1 aliphatic heterocycles. The summed E-state index contributed by atoms with van der Waals surface area (Å²) in [5.41, 5.74) is 2.78. The maximum atomic E-state index is 12.2. The predicted octanol–water partition coefficient (Wildman–Crippen LogP) is 2.47. The molecule has 0 saturated carbocycles. The van der Waals surface area contributed by atoms with E-state index in [0.29, 0.717) is 12.5 Å². The number of aromatic nitrogens is 4. The number of carbonyl (C=O) groups excluding carboxylic acids is 1. The maximum Gasteiger partial charge on any atom is 0.236 e. The summed E-state index contributed by atoms with van der Waals surface area (Å²) in [7, 11) is 0. The minimum atomic E-state index is -0.0867. The van der Waals surface area contributed by atoms with Gasteiger partial charge in [0.1, 0.15) is 12.2 Å². The lowest BCUT2D eigenvalue weighted by Crippen LogP contribution is -2.43. The number of nitrogens with one attached hydrogen (secondary N) is 1. The number of nitrogens with zero attached hydrogens (tertiary/aromatic N) is 5. The van der Waals surface area contributed by atoms with Crippen molar-refractivity contribution < 1.29 is 4.79 Å². The number of hydrogen-bond donors (Lipinski definition) is 1. The Kier molecular flexibility index (Phi) is 3.88. The van der Waals surface area contributed by atoms with Gasteiger partial charge in [-0.25, -0.2) is 9.97 Å². The highest BCUT2D eigenvalue weighted by atomic mass is 16.2. The monoisotopic (exact) mass is 336 g/mol. The largest absolute Gasteiger partial charge is 0.345 e. The normalized spacial score (nSPS) is 20.9. The van der Waals surface area contributed by atoms with Gasteiger partial charge < -0.3 is 9.88 Å². The van der Waals surface area contributed by atoms with E-state index in [9.17, 15) is 4.79 Å². The summed E-state index contributed by atoms with van der Waals surface area (Å²) in [4.78, 5) is 26.3. The van der Waals surface area contributed by atoms with Crippen LogP contribution in [0.15, 0.2) is 24.7 Å². The number of imidazole rings is 1. The molecule has 4 heterocycles. The second kappa shape index (κ2) is 6.20. The molecular weight excluding hydrogens is 316 g/mol. The molecule has 1 fully saturated rings. The highest BCUT2D eigenvalue weighted by molar-refractivity contribution is 5.78. The SMILES string of the molecule is CC[C@@H]1CCN(C(=O)CC#N)C[C@@H]1c1ncc2cnc3[nH]ccc3n12. The van der Waals surface area contributed by atoms with E-state index in [1.807, 2.05) is 35.6 Å². The van der Waals surface area contributed by atoms with Gasteiger partial charge in [-0.1, -0.05) is 13.3 Å². The first kappa shape index (κ1) is 15.6. The molecule has 1 aliphatic rings. The fourth-order valence-corrected chi connectivity index (χ4v) is 3.95. The van der Waals surface area contributed by atoms with Gasteiger partial charge in [-0.3, -0.25) is 9.20 Å². The smallest absolute Gasteiger partial charge is 0.236 e. The summed E-state index contributed by atoms with van der Waals surface area (Å²) in [5.74, 6) is 1.52. The van der Waals surface area contributed by atoms with Gasteiger partial charge in [0.15, 0.2) is 5.65 Å². The van der Waals surface area contributed by atoms with Crippen molar-refractivity contribution in [2.45, 2.75) is 32.1 Å². The van der Waals surface area contributed by atoms with Crippen LogP contribution in [0.4, 0.5) is 0 Å². The molecule has 1 amide bonds. The number of nitriles is 1. The van der Waals surface area contributed by atoms with Crippen LogP contribution in [0.3, 0.4) is 0 Å². The summed E-state index contributed by atoms with van der Waals surface area (Å²) >= 11 is 0.